The Morgan fingerprint density at radius 1 is 1.27 bits per heavy atom. The number of aromatic amines is 1. The Morgan fingerprint density at radius 3 is 2.82 bits per heavy atom. The molecule has 0 spiro atoms. The molecule has 0 aliphatic heterocycles. The van der Waals surface area contributed by atoms with Gasteiger partial charge in [0.2, 0.25) is 0 Å². The second kappa shape index (κ2) is 6.01. The van der Waals surface area contributed by atoms with Gasteiger partial charge in [0.25, 0.3) is 0 Å². The molecule has 2 N–H and O–H groups in total. The molecule has 0 aliphatic carbocycles. The molecule has 0 amide bonds. The van der Waals surface area contributed by atoms with Crippen molar-refractivity contribution in [2.45, 2.75) is 26.4 Å². The van der Waals surface area contributed by atoms with Crippen LogP contribution in [0.5, 0.6) is 0 Å². The van der Waals surface area contributed by atoms with E-state index in [1.807, 2.05) is 16.9 Å². The summed E-state index contributed by atoms with van der Waals surface area (Å²) in [4.78, 5) is 0. The Balaban J connectivity index is 1.77. The zero-order valence-electron chi connectivity index (χ0n) is 12.5. The van der Waals surface area contributed by atoms with Gasteiger partial charge in [-0.3, -0.25) is 9.78 Å². The van der Waals surface area contributed by atoms with Crippen molar-refractivity contribution >= 4 is 5.69 Å². The van der Waals surface area contributed by atoms with Gasteiger partial charge in [-0.15, -0.1) is 0 Å². The van der Waals surface area contributed by atoms with Crippen LogP contribution in [0.15, 0.2) is 42.9 Å². The Morgan fingerprint density at radius 2 is 2.09 bits per heavy atom. The SMILES string of the molecule is CC(C)n1cc(NCc2cn[nH]c2-c2ccccc2F)cn1. The van der Waals surface area contributed by atoms with Crippen LogP contribution in [0.2, 0.25) is 0 Å². The number of nitrogens with zero attached hydrogens (tertiary/aromatic N) is 3. The van der Waals surface area contributed by atoms with Gasteiger partial charge in [-0.05, 0) is 26.0 Å². The molecule has 22 heavy (non-hydrogen) atoms. The van der Waals surface area contributed by atoms with E-state index in [4.69, 9.17) is 0 Å². The van der Waals surface area contributed by atoms with Crippen LogP contribution >= 0.6 is 0 Å². The van der Waals surface area contributed by atoms with Crippen LogP contribution in [-0.4, -0.2) is 20.0 Å². The highest BCUT2D eigenvalue weighted by Crippen LogP contribution is 2.24. The van der Waals surface area contributed by atoms with Gasteiger partial charge in [0, 0.05) is 29.9 Å². The molecule has 1 aromatic carbocycles. The normalized spacial score (nSPS) is 11.1. The van der Waals surface area contributed by atoms with E-state index in [9.17, 15) is 4.39 Å². The number of halogens is 1. The van der Waals surface area contributed by atoms with E-state index >= 15 is 0 Å². The van der Waals surface area contributed by atoms with E-state index in [2.05, 4.69) is 34.5 Å². The first-order valence-corrected chi connectivity index (χ1v) is 7.20. The number of hydrogen-bond donors (Lipinski definition) is 2. The zero-order valence-corrected chi connectivity index (χ0v) is 12.5. The molecule has 0 bridgehead atoms. The van der Waals surface area contributed by atoms with Crippen molar-refractivity contribution in [3.63, 3.8) is 0 Å². The van der Waals surface area contributed by atoms with Gasteiger partial charge in [-0.1, -0.05) is 12.1 Å². The van der Waals surface area contributed by atoms with Crippen LogP contribution in [0.4, 0.5) is 10.1 Å². The lowest BCUT2D eigenvalue weighted by Gasteiger charge is -2.06. The fraction of sp³-hybridized carbons (Fsp3) is 0.250. The predicted octanol–water partition coefficient (Wildman–Crippen LogP) is 3.61. The summed E-state index contributed by atoms with van der Waals surface area (Å²) in [5, 5.41) is 14.5. The summed E-state index contributed by atoms with van der Waals surface area (Å²) in [6.45, 7) is 4.69. The summed E-state index contributed by atoms with van der Waals surface area (Å²) in [6.07, 6.45) is 5.44. The minimum absolute atomic E-state index is 0.263. The fourth-order valence-electron chi connectivity index (χ4n) is 2.25. The quantitative estimate of drug-likeness (QED) is 0.756. The maximum atomic E-state index is 13.9. The topological polar surface area (TPSA) is 58.5 Å². The molecule has 0 fully saturated rings. The van der Waals surface area contributed by atoms with E-state index in [0.717, 1.165) is 11.3 Å². The van der Waals surface area contributed by atoms with E-state index in [1.165, 1.54) is 6.07 Å². The van der Waals surface area contributed by atoms with Crippen molar-refractivity contribution in [1.29, 1.82) is 0 Å². The molecule has 0 atom stereocenters. The molecule has 2 heterocycles. The first-order valence-electron chi connectivity index (χ1n) is 7.20. The molecule has 0 saturated heterocycles. The van der Waals surface area contributed by atoms with Gasteiger partial charge in [0.1, 0.15) is 5.82 Å². The van der Waals surface area contributed by atoms with Crippen LogP contribution in [0.25, 0.3) is 11.3 Å². The Labute approximate surface area is 128 Å². The third-order valence-electron chi connectivity index (χ3n) is 3.47. The van der Waals surface area contributed by atoms with Gasteiger partial charge < -0.3 is 5.32 Å². The van der Waals surface area contributed by atoms with Crippen LogP contribution in [0.1, 0.15) is 25.5 Å². The van der Waals surface area contributed by atoms with E-state index in [1.54, 1.807) is 24.5 Å². The fourth-order valence-corrected chi connectivity index (χ4v) is 2.25. The summed E-state index contributed by atoms with van der Waals surface area (Å²) in [6, 6.07) is 6.98. The molecule has 0 unspecified atom stereocenters. The first-order chi connectivity index (χ1) is 10.6. The molecule has 5 nitrogen and oxygen atoms in total. The van der Waals surface area contributed by atoms with Crippen LogP contribution < -0.4 is 5.32 Å². The van der Waals surface area contributed by atoms with Crippen molar-refractivity contribution in [1.82, 2.24) is 20.0 Å². The number of rotatable bonds is 5. The van der Waals surface area contributed by atoms with Gasteiger partial charge in [-0.2, -0.15) is 10.2 Å². The first kappa shape index (κ1) is 14.3. The number of hydrogen-bond acceptors (Lipinski definition) is 3. The average molecular weight is 299 g/mol. The van der Waals surface area contributed by atoms with Crippen LogP contribution in [0, 0.1) is 5.82 Å². The van der Waals surface area contributed by atoms with Gasteiger partial charge in [0.15, 0.2) is 0 Å². The Bertz CT molecular complexity index is 759. The van der Waals surface area contributed by atoms with Crippen molar-refractivity contribution < 1.29 is 4.39 Å². The molecule has 2 aromatic heterocycles. The summed E-state index contributed by atoms with van der Waals surface area (Å²) in [7, 11) is 0. The molecule has 3 rings (SSSR count). The molecule has 3 aromatic rings. The highest BCUT2D eigenvalue weighted by Gasteiger charge is 2.11. The van der Waals surface area contributed by atoms with Gasteiger partial charge in [-0.25, -0.2) is 4.39 Å². The summed E-state index contributed by atoms with van der Waals surface area (Å²) >= 11 is 0. The second-order valence-electron chi connectivity index (χ2n) is 5.41. The Kier molecular flexibility index (Phi) is 3.91. The van der Waals surface area contributed by atoms with Crippen LogP contribution in [0.3, 0.4) is 0 Å². The smallest absolute Gasteiger partial charge is 0.132 e. The van der Waals surface area contributed by atoms with E-state index < -0.39 is 0 Å². The van der Waals surface area contributed by atoms with Crippen molar-refractivity contribution in [3.05, 3.63) is 54.2 Å². The largest absolute Gasteiger partial charge is 0.378 e. The van der Waals surface area contributed by atoms with Crippen molar-refractivity contribution in [3.8, 4) is 11.3 Å². The Hall–Kier alpha value is -2.63. The summed E-state index contributed by atoms with van der Waals surface area (Å²) in [5.41, 5.74) is 3.05. The third-order valence-corrected chi connectivity index (χ3v) is 3.47. The minimum Gasteiger partial charge on any atom is -0.378 e. The predicted molar refractivity (Wildman–Crippen MR) is 83.9 cm³/mol. The standard InChI is InChI=1S/C16H18FN5/c1-11(2)22-10-13(9-20-22)18-7-12-8-19-21-16(12)14-5-3-4-6-15(14)17/h3-6,8-11,18H,7H2,1-2H3,(H,19,21). The van der Waals surface area contributed by atoms with Gasteiger partial charge >= 0.3 is 0 Å². The lowest BCUT2D eigenvalue weighted by Crippen LogP contribution is -2.01. The lowest BCUT2D eigenvalue weighted by molar-refractivity contribution is 0.532. The van der Waals surface area contributed by atoms with E-state index in [-0.39, 0.29) is 5.82 Å². The number of H-pyrrole nitrogens is 1. The highest BCUT2D eigenvalue weighted by molar-refractivity contribution is 5.63. The summed E-state index contributed by atoms with van der Waals surface area (Å²) in [5.74, 6) is -0.263. The maximum absolute atomic E-state index is 13.9. The maximum Gasteiger partial charge on any atom is 0.132 e. The molecule has 0 aliphatic rings. The molecule has 6 heteroatoms. The number of benzene rings is 1. The molecule has 0 saturated carbocycles. The number of nitrogens with one attached hydrogen (secondary N) is 2. The summed E-state index contributed by atoms with van der Waals surface area (Å²) < 4.78 is 15.8. The van der Waals surface area contributed by atoms with Crippen LogP contribution in [-0.2, 0) is 6.54 Å². The third kappa shape index (κ3) is 2.86. The van der Waals surface area contributed by atoms with E-state index in [0.29, 0.717) is 23.8 Å². The van der Waals surface area contributed by atoms with Gasteiger partial charge in [0.05, 0.1) is 23.8 Å². The zero-order chi connectivity index (χ0) is 15.5. The van der Waals surface area contributed by atoms with Crippen molar-refractivity contribution in [2.24, 2.45) is 0 Å². The minimum atomic E-state index is -0.263. The molecule has 114 valence electrons. The molecule has 0 radical (unpaired) electrons. The monoisotopic (exact) mass is 299 g/mol. The number of anilines is 1. The number of aromatic nitrogens is 4. The lowest BCUT2D eigenvalue weighted by atomic mass is 10.1. The van der Waals surface area contributed by atoms with Crippen molar-refractivity contribution in [2.75, 3.05) is 5.32 Å². The average Bonchev–Trinajstić information content (AvgIpc) is 3.15. The highest BCUT2D eigenvalue weighted by atomic mass is 19.1. The molecular formula is C16H18FN5. The molecular weight excluding hydrogens is 281 g/mol. The second-order valence-corrected chi connectivity index (χ2v) is 5.41.